The van der Waals surface area contributed by atoms with Crippen molar-refractivity contribution in [3.8, 4) is 11.3 Å². The first-order chi connectivity index (χ1) is 11.5. The number of imidazole rings is 1. The maximum atomic E-state index is 10.9. The van der Waals surface area contributed by atoms with E-state index >= 15 is 0 Å². The number of carbonyl (C=O) groups is 1. The normalized spacial score (nSPS) is 11.2. The quantitative estimate of drug-likeness (QED) is 0.452. The monoisotopic (exact) mass is 339 g/mol. The van der Waals surface area contributed by atoms with Crippen LogP contribution in [-0.4, -0.2) is 25.4 Å². The van der Waals surface area contributed by atoms with Crippen molar-refractivity contribution in [1.82, 2.24) is 9.38 Å². The molecule has 4 aromatic rings. The fraction of sp³-hybridized carbons (Fsp3) is 0. The van der Waals surface area contributed by atoms with Crippen molar-refractivity contribution in [2.45, 2.75) is 0 Å². The number of hydrogen-bond acceptors (Lipinski definition) is 5. The van der Waals surface area contributed by atoms with Crippen molar-refractivity contribution in [3.05, 3.63) is 64.3 Å². The fourth-order valence-electron chi connectivity index (χ4n) is 2.53. The molecule has 0 atom stereocenters. The van der Waals surface area contributed by atoms with E-state index in [1.54, 1.807) is 18.2 Å². The Morgan fingerprint density at radius 2 is 1.96 bits per heavy atom. The molecule has 24 heavy (non-hydrogen) atoms. The molecule has 8 heteroatoms. The van der Waals surface area contributed by atoms with Crippen LogP contribution in [0.3, 0.4) is 0 Å². The van der Waals surface area contributed by atoms with Crippen LogP contribution in [0.4, 0.5) is 5.69 Å². The lowest BCUT2D eigenvalue weighted by Gasteiger charge is -1.98. The summed E-state index contributed by atoms with van der Waals surface area (Å²) in [6.45, 7) is 0. The molecule has 0 saturated carbocycles. The minimum Gasteiger partial charge on any atom is -0.478 e. The summed E-state index contributed by atoms with van der Waals surface area (Å²) >= 11 is 1.37. The van der Waals surface area contributed by atoms with Crippen molar-refractivity contribution in [3.63, 3.8) is 0 Å². The van der Waals surface area contributed by atoms with Crippen LogP contribution in [0.2, 0.25) is 0 Å². The third-order valence-corrected chi connectivity index (χ3v) is 4.73. The van der Waals surface area contributed by atoms with E-state index in [-0.39, 0.29) is 11.3 Å². The van der Waals surface area contributed by atoms with Gasteiger partial charge in [0, 0.05) is 23.9 Å². The van der Waals surface area contributed by atoms with Crippen molar-refractivity contribution < 1.29 is 14.8 Å². The summed E-state index contributed by atoms with van der Waals surface area (Å²) < 4.78 is 2.67. The summed E-state index contributed by atoms with van der Waals surface area (Å²) in [7, 11) is 0. The molecule has 0 amide bonds. The zero-order valence-corrected chi connectivity index (χ0v) is 12.9. The summed E-state index contributed by atoms with van der Waals surface area (Å²) in [6, 6.07) is 11.2. The number of thiazole rings is 1. The number of aromatic nitrogens is 2. The zero-order valence-electron chi connectivity index (χ0n) is 12.0. The number of fused-ring (bicyclic) bond motifs is 3. The lowest BCUT2D eigenvalue weighted by molar-refractivity contribution is -0.384. The van der Waals surface area contributed by atoms with Crippen LogP contribution in [0.5, 0.6) is 0 Å². The second-order valence-electron chi connectivity index (χ2n) is 5.17. The molecule has 0 bridgehead atoms. The largest absolute Gasteiger partial charge is 0.478 e. The van der Waals surface area contributed by atoms with E-state index in [0.717, 1.165) is 26.4 Å². The molecule has 2 heterocycles. The smallest absolute Gasteiger partial charge is 0.335 e. The molecule has 0 fully saturated rings. The second kappa shape index (κ2) is 5.14. The molecular formula is C16H9N3O4S. The SMILES string of the molecule is O=C(O)c1ccc(-c2cn3c(n2)sc2cc([N+](=O)[O-])ccc23)cc1. The van der Waals surface area contributed by atoms with E-state index in [1.807, 2.05) is 10.6 Å². The van der Waals surface area contributed by atoms with Gasteiger partial charge in [-0.1, -0.05) is 23.5 Å². The third kappa shape index (κ3) is 2.20. The Labute approximate surface area is 138 Å². The number of aromatic carboxylic acids is 1. The first kappa shape index (κ1) is 14.3. The van der Waals surface area contributed by atoms with Crippen molar-refractivity contribution in [2.24, 2.45) is 0 Å². The Morgan fingerprint density at radius 3 is 2.62 bits per heavy atom. The van der Waals surface area contributed by atoms with Crippen LogP contribution in [-0.2, 0) is 0 Å². The maximum Gasteiger partial charge on any atom is 0.335 e. The van der Waals surface area contributed by atoms with Crippen molar-refractivity contribution in [1.29, 1.82) is 0 Å². The maximum absolute atomic E-state index is 10.9. The zero-order chi connectivity index (χ0) is 16.8. The lowest BCUT2D eigenvalue weighted by Crippen LogP contribution is -1.94. The van der Waals surface area contributed by atoms with E-state index in [9.17, 15) is 14.9 Å². The molecule has 1 N–H and O–H groups in total. The van der Waals surface area contributed by atoms with Crippen molar-refractivity contribution in [2.75, 3.05) is 0 Å². The first-order valence-electron chi connectivity index (χ1n) is 6.93. The van der Waals surface area contributed by atoms with Gasteiger partial charge in [0.15, 0.2) is 4.96 Å². The minimum absolute atomic E-state index is 0.0523. The van der Waals surface area contributed by atoms with E-state index < -0.39 is 10.9 Å². The van der Waals surface area contributed by atoms with E-state index in [1.165, 1.54) is 35.6 Å². The van der Waals surface area contributed by atoms with Gasteiger partial charge in [0.25, 0.3) is 5.69 Å². The topological polar surface area (TPSA) is 97.7 Å². The summed E-state index contributed by atoms with van der Waals surface area (Å²) in [5.74, 6) is -0.972. The van der Waals surface area contributed by atoms with Crippen LogP contribution in [0.25, 0.3) is 26.4 Å². The van der Waals surface area contributed by atoms with Gasteiger partial charge in [-0.05, 0) is 18.2 Å². The number of nitro benzene ring substituents is 1. The Morgan fingerprint density at radius 1 is 1.21 bits per heavy atom. The number of hydrogen-bond donors (Lipinski definition) is 1. The van der Waals surface area contributed by atoms with Crippen LogP contribution < -0.4 is 0 Å². The molecule has 2 aromatic carbocycles. The number of benzene rings is 2. The van der Waals surface area contributed by atoms with Crippen LogP contribution in [0, 0.1) is 10.1 Å². The van der Waals surface area contributed by atoms with Gasteiger partial charge in [-0.3, -0.25) is 14.5 Å². The van der Waals surface area contributed by atoms with Gasteiger partial charge in [0.1, 0.15) is 0 Å². The average Bonchev–Trinajstić information content (AvgIpc) is 3.11. The first-order valence-corrected chi connectivity index (χ1v) is 7.74. The van der Waals surface area contributed by atoms with Gasteiger partial charge in [-0.2, -0.15) is 0 Å². The third-order valence-electron chi connectivity index (χ3n) is 3.72. The average molecular weight is 339 g/mol. The molecule has 0 aliphatic heterocycles. The second-order valence-corrected chi connectivity index (χ2v) is 6.18. The van der Waals surface area contributed by atoms with Gasteiger partial charge in [0.2, 0.25) is 0 Å². The van der Waals surface area contributed by atoms with Gasteiger partial charge < -0.3 is 5.11 Å². The van der Waals surface area contributed by atoms with Gasteiger partial charge >= 0.3 is 5.97 Å². The van der Waals surface area contributed by atoms with E-state index in [0.29, 0.717) is 0 Å². The van der Waals surface area contributed by atoms with E-state index in [2.05, 4.69) is 4.98 Å². The summed E-state index contributed by atoms with van der Waals surface area (Å²) in [5.41, 5.74) is 2.65. The summed E-state index contributed by atoms with van der Waals surface area (Å²) in [4.78, 5) is 26.6. The van der Waals surface area contributed by atoms with Gasteiger partial charge in [0.05, 0.1) is 26.4 Å². The molecule has 7 nitrogen and oxygen atoms in total. The molecule has 2 aromatic heterocycles. The highest BCUT2D eigenvalue weighted by atomic mass is 32.1. The summed E-state index contributed by atoms with van der Waals surface area (Å²) in [6.07, 6.45) is 1.84. The van der Waals surface area contributed by atoms with Crippen molar-refractivity contribution >= 4 is 38.2 Å². The highest BCUT2D eigenvalue weighted by molar-refractivity contribution is 7.23. The Kier molecular flexibility index (Phi) is 3.07. The molecular weight excluding hydrogens is 330 g/mol. The lowest BCUT2D eigenvalue weighted by atomic mass is 10.1. The predicted molar refractivity (Wildman–Crippen MR) is 89.6 cm³/mol. The molecule has 0 unspecified atom stereocenters. The minimum atomic E-state index is -0.972. The standard InChI is InChI=1S/C16H9N3O4S/c20-15(21)10-3-1-9(2-4-10)12-8-18-13-6-5-11(19(22)23)7-14(13)24-16(18)17-12/h1-8H,(H,20,21). The molecule has 0 aliphatic carbocycles. The molecule has 0 saturated heterocycles. The fourth-order valence-corrected chi connectivity index (χ4v) is 3.57. The molecule has 0 spiro atoms. The molecule has 0 radical (unpaired) electrons. The Bertz CT molecular complexity index is 1110. The number of carboxylic acid groups (broad SMARTS) is 1. The predicted octanol–water partition coefficient (Wildman–Crippen LogP) is 3.82. The number of rotatable bonds is 3. The number of non-ortho nitro benzene ring substituents is 1. The van der Waals surface area contributed by atoms with Gasteiger partial charge in [-0.15, -0.1) is 0 Å². The molecule has 4 rings (SSSR count). The number of nitrogens with zero attached hydrogens (tertiary/aromatic N) is 3. The van der Waals surface area contributed by atoms with Crippen LogP contribution in [0.15, 0.2) is 48.7 Å². The highest BCUT2D eigenvalue weighted by Gasteiger charge is 2.14. The molecule has 0 aliphatic rings. The molecule has 118 valence electrons. The summed E-state index contributed by atoms with van der Waals surface area (Å²) in [5, 5.41) is 19.8. The number of nitro groups is 1. The van der Waals surface area contributed by atoms with Crippen LogP contribution in [0.1, 0.15) is 10.4 Å². The highest BCUT2D eigenvalue weighted by Crippen LogP contribution is 2.31. The Balaban J connectivity index is 1.81. The van der Waals surface area contributed by atoms with Gasteiger partial charge in [-0.25, -0.2) is 9.78 Å². The van der Waals surface area contributed by atoms with Crippen LogP contribution >= 0.6 is 11.3 Å². The number of carboxylic acids is 1. The Hall–Kier alpha value is -3.26. The van der Waals surface area contributed by atoms with E-state index in [4.69, 9.17) is 5.11 Å².